The predicted molar refractivity (Wildman–Crippen MR) is 59.1 cm³/mol. The van der Waals surface area contributed by atoms with Crippen LogP contribution in [0.1, 0.15) is 11.4 Å². The number of aromatic nitrogens is 3. The van der Waals surface area contributed by atoms with Gasteiger partial charge >= 0.3 is 0 Å². The van der Waals surface area contributed by atoms with Crippen LogP contribution in [-0.2, 0) is 12.8 Å². The van der Waals surface area contributed by atoms with Gasteiger partial charge < -0.3 is 16.5 Å². The number of pyridine rings is 1. The summed E-state index contributed by atoms with van der Waals surface area (Å²) in [5.74, 6) is 0. The molecule has 0 aliphatic carbocycles. The standard InChI is InChI=1S/C10H13N5/c11-7-3-9(12)10(14-4-7)2-1-8-5-13-6-15-8/h3-6H,1-2,11-12H2,(H,13,15). The number of nitrogens with one attached hydrogen (secondary N) is 1. The Hall–Kier alpha value is -2.04. The van der Waals surface area contributed by atoms with Crippen LogP contribution < -0.4 is 11.5 Å². The summed E-state index contributed by atoms with van der Waals surface area (Å²) in [7, 11) is 0. The highest BCUT2D eigenvalue weighted by Crippen LogP contribution is 2.14. The molecule has 2 rings (SSSR count). The van der Waals surface area contributed by atoms with E-state index in [0.29, 0.717) is 11.4 Å². The second-order valence-corrected chi connectivity index (χ2v) is 3.38. The number of hydrogen-bond donors (Lipinski definition) is 3. The van der Waals surface area contributed by atoms with Gasteiger partial charge in [-0.2, -0.15) is 0 Å². The molecule has 2 aromatic heterocycles. The fourth-order valence-corrected chi connectivity index (χ4v) is 1.41. The number of nitrogens with zero attached hydrogens (tertiary/aromatic N) is 2. The Morgan fingerprint density at radius 2 is 2.07 bits per heavy atom. The van der Waals surface area contributed by atoms with Crippen LogP contribution in [0.2, 0.25) is 0 Å². The first kappa shape index (κ1) is 9.51. The molecular formula is C10H13N5. The van der Waals surface area contributed by atoms with E-state index < -0.39 is 0 Å². The molecule has 2 heterocycles. The Kier molecular flexibility index (Phi) is 2.53. The third kappa shape index (κ3) is 2.25. The zero-order valence-corrected chi connectivity index (χ0v) is 8.27. The fourth-order valence-electron chi connectivity index (χ4n) is 1.41. The largest absolute Gasteiger partial charge is 0.397 e. The summed E-state index contributed by atoms with van der Waals surface area (Å²) in [6, 6.07) is 1.73. The van der Waals surface area contributed by atoms with E-state index in [0.717, 1.165) is 24.2 Å². The number of hydrogen-bond acceptors (Lipinski definition) is 4. The average molecular weight is 203 g/mol. The number of nitrogen functional groups attached to an aromatic ring is 2. The summed E-state index contributed by atoms with van der Waals surface area (Å²) in [5.41, 5.74) is 14.5. The number of nitrogens with two attached hydrogens (primary N) is 2. The van der Waals surface area contributed by atoms with Crippen molar-refractivity contribution < 1.29 is 0 Å². The molecule has 5 nitrogen and oxygen atoms in total. The summed E-state index contributed by atoms with van der Waals surface area (Å²) in [6.45, 7) is 0. The van der Waals surface area contributed by atoms with E-state index in [4.69, 9.17) is 11.5 Å². The molecule has 0 bridgehead atoms. The normalized spacial score (nSPS) is 10.4. The molecule has 5 heteroatoms. The van der Waals surface area contributed by atoms with E-state index in [1.807, 2.05) is 0 Å². The minimum atomic E-state index is 0.595. The van der Waals surface area contributed by atoms with Crippen LogP contribution in [-0.4, -0.2) is 15.0 Å². The van der Waals surface area contributed by atoms with Crippen molar-refractivity contribution in [2.45, 2.75) is 12.8 Å². The number of imidazole rings is 1. The van der Waals surface area contributed by atoms with Crippen molar-refractivity contribution >= 4 is 11.4 Å². The number of H-pyrrole nitrogens is 1. The highest BCUT2D eigenvalue weighted by Gasteiger charge is 2.02. The molecule has 0 saturated heterocycles. The van der Waals surface area contributed by atoms with Gasteiger partial charge in [0, 0.05) is 11.9 Å². The summed E-state index contributed by atoms with van der Waals surface area (Å²) >= 11 is 0. The van der Waals surface area contributed by atoms with Gasteiger partial charge in [-0.1, -0.05) is 0 Å². The van der Waals surface area contributed by atoms with Crippen LogP contribution in [0, 0.1) is 0 Å². The molecule has 0 saturated carbocycles. The smallest absolute Gasteiger partial charge is 0.0921 e. The van der Waals surface area contributed by atoms with E-state index in [-0.39, 0.29) is 0 Å². The molecular weight excluding hydrogens is 190 g/mol. The van der Waals surface area contributed by atoms with Crippen molar-refractivity contribution in [2.75, 3.05) is 11.5 Å². The van der Waals surface area contributed by atoms with Gasteiger partial charge in [0.05, 0.1) is 29.6 Å². The monoisotopic (exact) mass is 203 g/mol. The van der Waals surface area contributed by atoms with Crippen molar-refractivity contribution in [1.82, 2.24) is 15.0 Å². The molecule has 0 atom stereocenters. The molecule has 0 aliphatic heterocycles. The Labute approximate surface area is 87.5 Å². The predicted octanol–water partition coefficient (Wildman–Crippen LogP) is 0.754. The summed E-state index contributed by atoms with van der Waals surface area (Å²) in [6.07, 6.45) is 6.72. The van der Waals surface area contributed by atoms with Crippen molar-refractivity contribution in [3.05, 3.63) is 36.2 Å². The number of rotatable bonds is 3. The maximum Gasteiger partial charge on any atom is 0.0921 e. The molecule has 0 amide bonds. The lowest BCUT2D eigenvalue weighted by Gasteiger charge is -2.04. The van der Waals surface area contributed by atoms with Gasteiger partial charge in [-0.3, -0.25) is 4.98 Å². The minimum absolute atomic E-state index is 0.595. The minimum Gasteiger partial charge on any atom is -0.397 e. The van der Waals surface area contributed by atoms with E-state index in [9.17, 15) is 0 Å². The van der Waals surface area contributed by atoms with Gasteiger partial charge in [0.2, 0.25) is 0 Å². The maximum absolute atomic E-state index is 5.79. The van der Waals surface area contributed by atoms with Crippen LogP contribution in [0.4, 0.5) is 11.4 Å². The average Bonchev–Trinajstić information content (AvgIpc) is 2.69. The van der Waals surface area contributed by atoms with Crippen molar-refractivity contribution in [3.63, 3.8) is 0 Å². The van der Waals surface area contributed by atoms with Crippen molar-refractivity contribution in [1.29, 1.82) is 0 Å². The Bertz CT molecular complexity index is 435. The summed E-state index contributed by atoms with van der Waals surface area (Å²) < 4.78 is 0. The zero-order chi connectivity index (χ0) is 10.7. The highest BCUT2D eigenvalue weighted by molar-refractivity contribution is 5.52. The van der Waals surface area contributed by atoms with Crippen molar-refractivity contribution in [3.8, 4) is 0 Å². The van der Waals surface area contributed by atoms with Gasteiger partial charge in [0.1, 0.15) is 0 Å². The lowest BCUT2D eigenvalue weighted by molar-refractivity contribution is 0.892. The lowest BCUT2D eigenvalue weighted by Crippen LogP contribution is -2.01. The summed E-state index contributed by atoms with van der Waals surface area (Å²) in [4.78, 5) is 11.2. The molecule has 0 radical (unpaired) electrons. The third-order valence-corrected chi connectivity index (χ3v) is 2.21. The first-order chi connectivity index (χ1) is 7.25. The lowest BCUT2D eigenvalue weighted by atomic mass is 10.1. The Morgan fingerprint density at radius 3 is 2.73 bits per heavy atom. The van der Waals surface area contributed by atoms with Gasteiger partial charge in [-0.25, -0.2) is 4.98 Å². The second-order valence-electron chi connectivity index (χ2n) is 3.38. The molecule has 5 N–H and O–H groups in total. The van der Waals surface area contributed by atoms with Crippen LogP contribution in [0.15, 0.2) is 24.8 Å². The molecule has 15 heavy (non-hydrogen) atoms. The van der Waals surface area contributed by atoms with E-state index in [1.54, 1.807) is 24.8 Å². The number of anilines is 2. The van der Waals surface area contributed by atoms with Gasteiger partial charge in [-0.15, -0.1) is 0 Å². The molecule has 0 aromatic carbocycles. The Morgan fingerprint density at radius 1 is 1.20 bits per heavy atom. The van der Waals surface area contributed by atoms with Gasteiger partial charge in [-0.05, 0) is 18.9 Å². The van der Waals surface area contributed by atoms with Crippen LogP contribution in [0.25, 0.3) is 0 Å². The molecule has 0 aliphatic rings. The molecule has 0 fully saturated rings. The highest BCUT2D eigenvalue weighted by atomic mass is 14.9. The number of aryl methyl sites for hydroxylation is 2. The van der Waals surface area contributed by atoms with E-state index in [1.165, 1.54) is 0 Å². The fraction of sp³-hybridized carbons (Fsp3) is 0.200. The van der Waals surface area contributed by atoms with Crippen LogP contribution >= 0.6 is 0 Å². The second kappa shape index (κ2) is 4.00. The topological polar surface area (TPSA) is 93.6 Å². The van der Waals surface area contributed by atoms with Gasteiger partial charge in [0.25, 0.3) is 0 Å². The first-order valence-corrected chi connectivity index (χ1v) is 4.73. The zero-order valence-electron chi connectivity index (χ0n) is 8.27. The molecule has 2 aromatic rings. The maximum atomic E-state index is 5.79. The number of aromatic amines is 1. The summed E-state index contributed by atoms with van der Waals surface area (Å²) in [5, 5.41) is 0. The molecule has 0 spiro atoms. The Balaban J connectivity index is 2.05. The third-order valence-electron chi connectivity index (χ3n) is 2.21. The van der Waals surface area contributed by atoms with Crippen molar-refractivity contribution in [2.24, 2.45) is 0 Å². The SMILES string of the molecule is Nc1cnc(CCc2cnc[nH]2)c(N)c1. The molecule has 0 unspecified atom stereocenters. The van der Waals surface area contributed by atoms with Gasteiger partial charge in [0.15, 0.2) is 0 Å². The van der Waals surface area contributed by atoms with E-state index in [2.05, 4.69) is 15.0 Å². The first-order valence-electron chi connectivity index (χ1n) is 4.73. The molecule has 78 valence electrons. The quantitative estimate of drug-likeness (QED) is 0.686. The van der Waals surface area contributed by atoms with E-state index >= 15 is 0 Å². The van der Waals surface area contributed by atoms with Crippen LogP contribution in [0.3, 0.4) is 0 Å². The van der Waals surface area contributed by atoms with Crippen LogP contribution in [0.5, 0.6) is 0 Å².